The Bertz CT molecular complexity index is 413. The maximum Gasteiger partial charge on any atom is 0.126 e. The average Bonchev–Trinajstić information content (AvgIpc) is 2.39. The summed E-state index contributed by atoms with van der Waals surface area (Å²) in [6, 6.07) is 3.06. The van der Waals surface area contributed by atoms with Crippen LogP contribution < -0.4 is 11.3 Å². The van der Waals surface area contributed by atoms with Gasteiger partial charge in [0.05, 0.1) is 11.6 Å². The van der Waals surface area contributed by atoms with E-state index in [1.165, 1.54) is 12.1 Å². The number of nitrogens with two attached hydrogens (primary N) is 1. The van der Waals surface area contributed by atoms with Gasteiger partial charge in [-0.15, -0.1) is 0 Å². The number of hydrogen-bond acceptors (Lipinski definition) is 3. The number of rotatable bonds is 4. The van der Waals surface area contributed by atoms with E-state index in [0.717, 1.165) is 38.2 Å². The van der Waals surface area contributed by atoms with Crippen LogP contribution in [-0.4, -0.2) is 12.7 Å². The molecular formula is C14H20F2N2O. The van der Waals surface area contributed by atoms with Crippen LogP contribution in [0, 0.1) is 11.6 Å². The molecule has 0 aromatic heterocycles. The van der Waals surface area contributed by atoms with Crippen LogP contribution >= 0.6 is 0 Å². The third kappa shape index (κ3) is 2.94. The van der Waals surface area contributed by atoms with E-state index in [-0.39, 0.29) is 0 Å². The number of hydrogen-bond donors (Lipinski definition) is 2. The molecule has 1 aliphatic rings. The summed E-state index contributed by atoms with van der Waals surface area (Å²) in [6.07, 6.45) is 4.88. The molecule has 0 amide bonds. The molecule has 19 heavy (non-hydrogen) atoms. The van der Waals surface area contributed by atoms with E-state index in [1.807, 2.05) is 0 Å². The highest BCUT2D eigenvalue weighted by Crippen LogP contribution is 2.41. The Hall–Kier alpha value is -1.04. The molecule has 2 rings (SSSR count). The summed E-state index contributed by atoms with van der Waals surface area (Å²) >= 11 is 0. The zero-order valence-electron chi connectivity index (χ0n) is 11.1. The molecule has 0 spiro atoms. The molecule has 1 saturated carbocycles. The molecule has 1 aliphatic carbocycles. The second kappa shape index (κ2) is 5.94. The van der Waals surface area contributed by atoms with Gasteiger partial charge in [0.2, 0.25) is 0 Å². The van der Waals surface area contributed by atoms with Crippen LogP contribution in [0.3, 0.4) is 0 Å². The SMILES string of the molecule is COC1(C(NN)c2cc(F)cc(F)c2)CCCCC1. The molecule has 1 atom stereocenters. The lowest BCUT2D eigenvalue weighted by molar-refractivity contribution is -0.0689. The number of methoxy groups -OCH3 is 1. The number of hydrazine groups is 1. The lowest BCUT2D eigenvalue weighted by atomic mass is 9.77. The van der Waals surface area contributed by atoms with Crippen molar-refractivity contribution < 1.29 is 13.5 Å². The number of ether oxygens (including phenoxy) is 1. The van der Waals surface area contributed by atoms with E-state index < -0.39 is 23.3 Å². The molecule has 5 heteroatoms. The van der Waals surface area contributed by atoms with Gasteiger partial charge in [0.15, 0.2) is 0 Å². The summed E-state index contributed by atoms with van der Waals surface area (Å²) in [5, 5.41) is 0. The molecule has 1 unspecified atom stereocenters. The van der Waals surface area contributed by atoms with Crippen molar-refractivity contribution in [3.05, 3.63) is 35.4 Å². The molecule has 1 aromatic carbocycles. The quantitative estimate of drug-likeness (QED) is 0.653. The monoisotopic (exact) mass is 270 g/mol. The van der Waals surface area contributed by atoms with Crippen LogP contribution in [0.2, 0.25) is 0 Å². The zero-order chi connectivity index (χ0) is 13.9. The van der Waals surface area contributed by atoms with Gasteiger partial charge in [-0.1, -0.05) is 19.3 Å². The predicted octanol–water partition coefficient (Wildman–Crippen LogP) is 2.82. The third-order valence-electron chi connectivity index (χ3n) is 4.02. The second-order valence-electron chi connectivity index (χ2n) is 5.13. The summed E-state index contributed by atoms with van der Waals surface area (Å²) in [5.74, 6) is 4.42. The normalized spacial score (nSPS) is 20.2. The summed E-state index contributed by atoms with van der Waals surface area (Å²) in [7, 11) is 1.63. The van der Waals surface area contributed by atoms with Crippen molar-refractivity contribution in [1.29, 1.82) is 0 Å². The first kappa shape index (κ1) is 14.4. The van der Waals surface area contributed by atoms with Crippen molar-refractivity contribution in [2.24, 2.45) is 5.84 Å². The standard InChI is InChI=1S/C14H20F2N2O/c1-19-14(5-3-2-4-6-14)13(18-17)10-7-11(15)9-12(16)8-10/h7-9,13,18H,2-6,17H2,1H3. The third-order valence-corrected chi connectivity index (χ3v) is 4.02. The highest BCUT2D eigenvalue weighted by atomic mass is 19.1. The summed E-state index contributed by atoms with van der Waals surface area (Å²) in [6.45, 7) is 0. The summed E-state index contributed by atoms with van der Waals surface area (Å²) in [4.78, 5) is 0. The van der Waals surface area contributed by atoms with Crippen molar-refractivity contribution in [1.82, 2.24) is 5.43 Å². The molecule has 1 aromatic rings. The molecule has 106 valence electrons. The van der Waals surface area contributed by atoms with Gasteiger partial charge in [0.1, 0.15) is 11.6 Å². The molecule has 0 saturated heterocycles. The smallest absolute Gasteiger partial charge is 0.126 e. The Kier molecular flexibility index (Phi) is 4.50. The van der Waals surface area contributed by atoms with Crippen molar-refractivity contribution in [2.75, 3.05) is 7.11 Å². The van der Waals surface area contributed by atoms with Crippen LogP contribution in [0.4, 0.5) is 8.78 Å². The fraction of sp³-hybridized carbons (Fsp3) is 0.571. The molecule has 0 aliphatic heterocycles. The van der Waals surface area contributed by atoms with E-state index in [4.69, 9.17) is 10.6 Å². The van der Waals surface area contributed by atoms with Crippen LogP contribution in [0.1, 0.15) is 43.7 Å². The Balaban J connectivity index is 2.36. The maximum atomic E-state index is 13.4. The minimum absolute atomic E-state index is 0.414. The molecule has 3 nitrogen and oxygen atoms in total. The number of benzene rings is 1. The minimum atomic E-state index is -0.600. The van der Waals surface area contributed by atoms with Crippen LogP contribution in [0.15, 0.2) is 18.2 Å². The van der Waals surface area contributed by atoms with E-state index in [0.29, 0.717) is 5.56 Å². The van der Waals surface area contributed by atoms with Gasteiger partial charge in [0.25, 0.3) is 0 Å². The molecule has 0 heterocycles. The maximum absolute atomic E-state index is 13.4. The first-order valence-corrected chi connectivity index (χ1v) is 6.58. The van der Waals surface area contributed by atoms with Gasteiger partial charge in [0, 0.05) is 13.2 Å². The molecule has 0 radical (unpaired) electrons. The van der Waals surface area contributed by atoms with E-state index in [1.54, 1.807) is 7.11 Å². The summed E-state index contributed by atoms with van der Waals surface area (Å²) < 4.78 is 32.4. The van der Waals surface area contributed by atoms with Gasteiger partial charge in [-0.2, -0.15) is 0 Å². The van der Waals surface area contributed by atoms with Gasteiger partial charge in [-0.05, 0) is 30.5 Å². The lowest BCUT2D eigenvalue weighted by Crippen LogP contribution is -2.49. The predicted molar refractivity (Wildman–Crippen MR) is 69.2 cm³/mol. The first-order chi connectivity index (χ1) is 9.11. The Morgan fingerprint density at radius 3 is 2.21 bits per heavy atom. The van der Waals surface area contributed by atoms with E-state index in [2.05, 4.69) is 5.43 Å². The first-order valence-electron chi connectivity index (χ1n) is 6.58. The Morgan fingerprint density at radius 1 is 1.16 bits per heavy atom. The van der Waals surface area contributed by atoms with Gasteiger partial charge in [-0.25, -0.2) is 8.78 Å². The molecular weight excluding hydrogens is 250 g/mol. The van der Waals surface area contributed by atoms with Crippen LogP contribution in [0.25, 0.3) is 0 Å². The number of nitrogens with one attached hydrogen (secondary N) is 1. The average molecular weight is 270 g/mol. The van der Waals surface area contributed by atoms with Crippen LogP contribution in [-0.2, 0) is 4.74 Å². The van der Waals surface area contributed by atoms with Crippen molar-refractivity contribution in [2.45, 2.75) is 43.7 Å². The van der Waals surface area contributed by atoms with Gasteiger partial charge >= 0.3 is 0 Å². The lowest BCUT2D eigenvalue weighted by Gasteiger charge is -2.42. The van der Waals surface area contributed by atoms with Crippen molar-refractivity contribution >= 4 is 0 Å². The highest BCUT2D eigenvalue weighted by Gasteiger charge is 2.40. The Morgan fingerprint density at radius 2 is 1.74 bits per heavy atom. The molecule has 3 N–H and O–H groups in total. The second-order valence-corrected chi connectivity index (χ2v) is 5.13. The largest absolute Gasteiger partial charge is 0.376 e. The van der Waals surface area contributed by atoms with Crippen molar-refractivity contribution in [3.63, 3.8) is 0 Å². The van der Waals surface area contributed by atoms with Crippen molar-refractivity contribution in [3.8, 4) is 0 Å². The highest BCUT2D eigenvalue weighted by molar-refractivity contribution is 5.24. The van der Waals surface area contributed by atoms with Gasteiger partial charge in [-0.3, -0.25) is 11.3 Å². The number of halogens is 2. The Labute approximate surface area is 112 Å². The fourth-order valence-electron chi connectivity index (χ4n) is 3.05. The summed E-state index contributed by atoms with van der Waals surface area (Å²) in [5.41, 5.74) is 2.67. The van der Waals surface area contributed by atoms with E-state index in [9.17, 15) is 8.78 Å². The fourth-order valence-corrected chi connectivity index (χ4v) is 3.05. The topological polar surface area (TPSA) is 47.3 Å². The van der Waals surface area contributed by atoms with Crippen LogP contribution in [0.5, 0.6) is 0 Å². The zero-order valence-corrected chi connectivity index (χ0v) is 11.1. The molecule has 1 fully saturated rings. The van der Waals surface area contributed by atoms with E-state index >= 15 is 0 Å². The van der Waals surface area contributed by atoms with Gasteiger partial charge < -0.3 is 4.74 Å². The molecule has 0 bridgehead atoms. The minimum Gasteiger partial charge on any atom is -0.376 e.